The standard InChI is InChI=1S/C21H25N3O5S/c1-3-28-21(27)24-11-9-16(10-12-24)23-17(25)13-29-20(26)18-14(2)22-19(30-18)15-7-5-4-6-8-15/h4-8,16H,3,9-13H2,1-2H3,(H,23,25). The van der Waals surface area contributed by atoms with E-state index in [0.29, 0.717) is 43.1 Å². The second-order valence-electron chi connectivity index (χ2n) is 6.90. The number of nitrogens with one attached hydrogen (secondary N) is 1. The van der Waals surface area contributed by atoms with Crippen LogP contribution >= 0.6 is 11.3 Å². The van der Waals surface area contributed by atoms with Crippen molar-refractivity contribution in [3.05, 3.63) is 40.9 Å². The summed E-state index contributed by atoms with van der Waals surface area (Å²) in [6, 6.07) is 9.52. The van der Waals surface area contributed by atoms with E-state index in [-0.39, 0.29) is 24.6 Å². The molecule has 0 spiro atoms. The molecule has 1 aromatic heterocycles. The number of carbonyl (C=O) groups excluding carboxylic acids is 3. The van der Waals surface area contributed by atoms with Crippen LogP contribution in [0.5, 0.6) is 0 Å². The third kappa shape index (κ3) is 5.56. The van der Waals surface area contributed by atoms with Gasteiger partial charge < -0.3 is 19.7 Å². The molecule has 0 bridgehead atoms. The number of esters is 1. The number of carbonyl (C=O) groups is 3. The number of hydrogen-bond acceptors (Lipinski definition) is 7. The molecule has 2 heterocycles. The molecule has 1 aliphatic heterocycles. The van der Waals surface area contributed by atoms with Gasteiger partial charge in [0.15, 0.2) is 6.61 Å². The molecular weight excluding hydrogens is 406 g/mol. The molecule has 2 amide bonds. The fourth-order valence-corrected chi connectivity index (χ4v) is 4.14. The summed E-state index contributed by atoms with van der Waals surface area (Å²) in [7, 11) is 0. The lowest BCUT2D eigenvalue weighted by Crippen LogP contribution is -2.47. The number of piperidine rings is 1. The summed E-state index contributed by atoms with van der Waals surface area (Å²) in [5, 5.41) is 3.59. The highest BCUT2D eigenvalue weighted by Crippen LogP contribution is 2.28. The highest BCUT2D eigenvalue weighted by molar-refractivity contribution is 7.17. The van der Waals surface area contributed by atoms with E-state index in [4.69, 9.17) is 9.47 Å². The molecule has 1 aromatic carbocycles. The Labute approximate surface area is 179 Å². The van der Waals surface area contributed by atoms with Crippen LogP contribution in [0.1, 0.15) is 35.1 Å². The number of ether oxygens (including phenoxy) is 2. The molecule has 0 unspecified atom stereocenters. The van der Waals surface area contributed by atoms with Crippen molar-refractivity contribution < 1.29 is 23.9 Å². The molecular formula is C21H25N3O5S. The first-order chi connectivity index (χ1) is 14.5. The molecule has 1 saturated heterocycles. The molecule has 9 heteroatoms. The summed E-state index contributed by atoms with van der Waals surface area (Å²) >= 11 is 1.25. The average molecular weight is 432 g/mol. The predicted octanol–water partition coefficient (Wildman–Crippen LogP) is 3.01. The topological polar surface area (TPSA) is 97.8 Å². The Kier molecular flexibility index (Phi) is 7.40. The number of aryl methyl sites for hydroxylation is 1. The van der Waals surface area contributed by atoms with Gasteiger partial charge in [0.1, 0.15) is 9.88 Å². The summed E-state index contributed by atoms with van der Waals surface area (Å²) in [5.74, 6) is -0.914. The van der Waals surface area contributed by atoms with Crippen molar-refractivity contribution in [1.82, 2.24) is 15.2 Å². The zero-order chi connectivity index (χ0) is 21.5. The lowest BCUT2D eigenvalue weighted by molar-refractivity contribution is -0.125. The number of amides is 2. The molecule has 3 rings (SSSR count). The number of hydrogen-bond donors (Lipinski definition) is 1. The average Bonchev–Trinajstić information content (AvgIpc) is 3.15. The van der Waals surface area contributed by atoms with Crippen molar-refractivity contribution in [1.29, 1.82) is 0 Å². The fraction of sp³-hybridized carbons (Fsp3) is 0.429. The van der Waals surface area contributed by atoms with Crippen molar-refractivity contribution in [3.8, 4) is 10.6 Å². The van der Waals surface area contributed by atoms with Crippen molar-refractivity contribution >= 4 is 29.3 Å². The second-order valence-corrected chi connectivity index (χ2v) is 7.90. The van der Waals surface area contributed by atoms with E-state index in [1.807, 2.05) is 30.3 Å². The summed E-state index contributed by atoms with van der Waals surface area (Å²) in [5.41, 5.74) is 1.51. The molecule has 0 saturated carbocycles. The van der Waals surface area contributed by atoms with Crippen LogP contribution in [0.4, 0.5) is 4.79 Å². The highest BCUT2D eigenvalue weighted by atomic mass is 32.1. The van der Waals surface area contributed by atoms with Gasteiger partial charge in [-0.15, -0.1) is 11.3 Å². The van der Waals surface area contributed by atoms with Gasteiger partial charge in [0, 0.05) is 24.7 Å². The van der Waals surface area contributed by atoms with E-state index >= 15 is 0 Å². The van der Waals surface area contributed by atoms with Crippen LogP contribution in [0.25, 0.3) is 10.6 Å². The Morgan fingerprint density at radius 1 is 1.17 bits per heavy atom. The Bertz CT molecular complexity index is 891. The van der Waals surface area contributed by atoms with Gasteiger partial charge in [-0.05, 0) is 26.7 Å². The number of thiazole rings is 1. The number of aromatic nitrogens is 1. The Morgan fingerprint density at radius 3 is 2.53 bits per heavy atom. The van der Waals surface area contributed by atoms with Crippen molar-refractivity contribution in [2.24, 2.45) is 0 Å². The zero-order valence-electron chi connectivity index (χ0n) is 17.1. The van der Waals surface area contributed by atoms with E-state index in [0.717, 1.165) is 10.6 Å². The van der Waals surface area contributed by atoms with Gasteiger partial charge in [0.25, 0.3) is 5.91 Å². The maximum absolute atomic E-state index is 12.4. The minimum atomic E-state index is -0.556. The molecule has 1 fully saturated rings. The van der Waals surface area contributed by atoms with Crippen LogP contribution in [0, 0.1) is 6.92 Å². The first-order valence-electron chi connectivity index (χ1n) is 9.89. The molecule has 0 radical (unpaired) electrons. The van der Waals surface area contributed by atoms with Crippen LogP contribution in [-0.2, 0) is 14.3 Å². The maximum Gasteiger partial charge on any atom is 0.409 e. The third-order valence-electron chi connectivity index (χ3n) is 4.72. The van der Waals surface area contributed by atoms with Gasteiger partial charge in [-0.1, -0.05) is 30.3 Å². The van der Waals surface area contributed by atoms with Crippen LogP contribution in [0.2, 0.25) is 0 Å². The lowest BCUT2D eigenvalue weighted by atomic mass is 10.1. The molecule has 8 nitrogen and oxygen atoms in total. The normalized spacial score (nSPS) is 14.3. The van der Waals surface area contributed by atoms with Gasteiger partial charge >= 0.3 is 12.1 Å². The number of rotatable bonds is 6. The van der Waals surface area contributed by atoms with Crippen LogP contribution in [0.15, 0.2) is 30.3 Å². The van der Waals surface area contributed by atoms with Crippen LogP contribution < -0.4 is 5.32 Å². The molecule has 0 atom stereocenters. The summed E-state index contributed by atoms with van der Waals surface area (Å²) in [6.07, 6.45) is 0.936. The quantitative estimate of drug-likeness (QED) is 0.706. The summed E-state index contributed by atoms with van der Waals surface area (Å²) in [4.78, 5) is 42.7. The minimum Gasteiger partial charge on any atom is -0.451 e. The number of nitrogens with zero attached hydrogens (tertiary/aromatic N) is 2. The van der Waals surface area contributed by atoms with E-state index in [1.165, 1.54) is 11.3 Å². The third-order valence-corrected chi connectivity index (χ3v) is 5.91. The van der Waals surface area contributed by atoms with E-state index in [2.05, 4.69) is 10.3 Å². The highest BCUT2D eigenvalue weighted by Gasteiger charge is 2.25. The van der Waals surface area contributed by atoms with Crippen molar-refractivity contribution in [3.63, 3.8) is 0 Å². The van der Waals surface area contributed by atoms with Gasteiger partial charge in [-0.3, -0.25) is 4.79 Å². The molecule has 0 aliphatic carbocycles. The summed E-state index contributed by atoms with van der Waals surface area (Å²) in [6.45, 7) is 4.54. The lowest BCUT2D eigenvalue weighted by Gasteiger charge is -2.31. The summed E-state index contributed by atoms with van der Waals surface area (Å²) < 4.78 is 10.2. The smallest absolute Gasteiger partial charge is 0.409 e. The zero-order valence-corrected chi connectivity index (χ0v) is 17.9. The molecule has 2 aromatic rings. The van der Waals surface area contributed by atoms with E-state index in [9.17, 15) is 14.4 Å². The monoisotopic (exact) mass is 431 g/mol. The first kappa shape index (κ1) is 21.8. The SMILES string of the molecule is CCOC(=O)N1CCC(NC(=O)COC(=O)c2sc(-c3ccccc3)nc2C)CC1. The van der Waals surface area contributed by atoms with Gasteiger partial charge in [-0.25, -0.2) is 14.6 Å². The Morgan fingerprint density at radius 2 is 1.87 bits per heavy atom. The Hall–Kier alpha value is -2.94. The van der Waals surface area contributed by atoms with Crippen molar-refractivity contribution in [2.75, 3.05) is 26.3 Å². The molecule has 1 N–H and O–H groups in total. The van der Waals surface area contributed by atoms with Gasteiger partial charge in [0.05, 0.1) is 12.3 Å². The van der Waals surface area contributed by atoms with Gasteiger partial charge in [-0.2, -0.15) is 0 Å². The van der Waals surface area contributed by atoms with Crippen molar-refractivity contribution in [2.45, 2.75) is 32.7 Å². The number of likely N-dealkylation sites (tertiary alicyclic amines) is 1. The maximum atomic E-state index is 12.4. The Balaban J connectivity index is 1.46. The number of benzene rings is 1. The first-order valence-corrected chi connectivity index (χ1v) is 10.7. The van der Waals surface area contributed by atoms with E-state index < -0.39 is 5.97 Å². The predicted molar refractivity (Wildman–Crippen MR) is 112 cm³/mol. The van der Waals surface area contributed by atoms with Gasteiger partial charge in [0.2, 0.25) is 0 Å². The second kappa shape index (κ2) is 10.2. The largest absolute Gasteiger partial charge is 0.451 e. The molecule has 1 aliphatic rings. The molecule has 160 valence electrons. The minimum absolute atomic E-state index is 0.0586. The van der Waals surface area contributed by atoms with E-state index in [1.54, 1.807) is 18.7 Å². The molecule has 30 heavy (non-hydrogen) atoms. The van der Waals surface area contributed by atoms with Crippen LogP contribution in [-0.4, -0.2) is 60.2 Å². The van der Waals surface area contributed by atoms with Crippen LogP contribution in [0.3, 0.4) is 0 Å². The fourth-order valence-electron chi connectivity index (χ4n) is 3.18.